The van der Waals surface area contributed by atoms with E-state index in [4.69, 9.17) is 0 Å². The fourth-order valence-corrected chi connectivity index (χ4v) is 5.14. The molecule has 0 bridgehead atoms. The molecule has 0 saturated carbocycles. The Morgan fingerprint density at radius 2 is 0.929 bits per heavy atom. The van der Waals surface area contributed by atoms with Crippen molar-refractivity contribution in [2.45, 2.75) is 0 Å². The van der Waals surface area contributed by atoms with Crippen LogP contribution in [0.3, 0.4) is 0 Å². The summed E-state index contributed by atoms with van der Waals surface area (Å²) in [4.78, 5) is 21.8. The van der Waals surface area contributed by atoms with Crippen molar-refractivity contribution >= 4 is 56.2 Å². The molecule has 7 rings (SSSR count). The summed E-state index contributed by atoms with van der Waals surface area (Å²) in [5.41, 5.74) is 0.603. The van der Waals surface area contributed by atoms with Crippen LogP contribution < -0.4 is 9.80 Å². The first kappa shape index (κ1) is 24.2. The van der Waals surface area contributed by atoms with Gasteiger partial charge in [0.15, 0.2) is 46.0 Å². The van der Waals surface area contributed by atoms with Gasteiger partial charge in [-0.3, -0.25) is 9.80 Å². The fraction of sp³-hybridized carbons (Fsp3) is 0. The molecule has 4 aromatic carbocycles. The summed E-state index contributed by atoms with van der Waals surface area (Å²) in [5, 5.41) is 43.2. The molecule has 0 spiro atoms. The maximum absolute atomic E-state index is 9.88. The van der Waals surface area contributed by atoms with Crippen LogP contribution in [0.15, 0.2) is 84.9 Å². The Labute approximate surface area is 238 Å². The molecule has 192 valence electrons. The minimum Gasteiger partial charge on any atom is -0.273 e. The second kappa shape index (κ2) is 9.39. The van der Waals surface area contributed by atoms with Crippen LogP contribution in [0, 0.1) is 45.3 Å². The van der Waals surface area contributed by atoms with Crippen molar-refractivity contribution in [1.82, 2.24) is 19.9 Å². The number of anilines is 6. The highest BCUT2D eigenvalue weighted by Crippen LogP contribution is 2.52. The third kappa shape index (κ3) is 3.55. The molecule has 0 fully saturated rings. The summed E-state index contributed by atoms with van der Waals surface area (Å²) >= 11 is 0. The Balaban J connectivity index is 1.63. The third-order valence-corrected chi connectivity index (χ3v) is 6.99. The van der Waals surface area contributed by atoms with E-state index >= 15 is 0 Å². The topological polar surface area (TPSA) is 153 Å². The van der Waals surface area contributed by atoms with E-state index in [1.807, 2.05) is 109 Å². The third-order valence-electron chi connectivity index (χ3n) is 6.99. The Bertz CT molecular complexity index is 2190. The van der Waals surface area contributed by atoms with Crippen molar-refractivity contribution in [1.29, 1.82) is 21.0 Å². The zero-order valence-corrected chi connectivity index (χ0v) is 21.6. The van der Waals surface area contributed by atoms with Crippen molar-refractivity contribution in [3.63, 3.8) is 0 Å². The molecule has 0 aliphatic carbocycles. The van der Waals surface area contributed by atoms with Crippen molar-refractivity contribution < 1.29 is 0 Å². The molecular formula is C32H14N10. The molecule has 10 nitrogen and oxygen atoms in total. The van der Waals surface area contributed by atoms with Gasteiger partial charge in [-0.2, -0.15) is 21.0 Å². The quantitative estimate of drug-likeness (QED) is 0.244. The monoisotopic (exact) mass is 538 g/mol. The standard InChI is InChI=1S/C32H14N10/c33-15-24-26(17-35)39-31-29(37-24)41(22-13-12-19-6-1-2-8-21(19)14-22)30-32(40-27(18-36)25(16-34)38-30)42(31)28-11-5-9-20-7-3-4-10-23(20)28/h1-14H. The zero-order valence-electron chi connectivity index (χ0n) is 21.6. The number of hydrogen-bond donors (Lipinski definition) is 0. The molecule has 0 saturated heterocycles. The molecule has 1 aliphatic heterocycles. The van der Waals surface area contributed by atoms with Gasteiger partial charge >= 0.3 is 0 Å². The summed E-state index contributed by atoms with van der Waals surface area (Å²) in [6.07, 6.45) is 0. The lowest BCUT2D eigenvalue weighted by Gasteiger charge is -2.37. The number of hydrogen-bond acceptors (Lipinski definition) is 10. The molecule has 1 aliphatic rings. The number of rotatable bonds is 2. The van der Waals surface area contributed by atoms with Gasteiger partial charge in [0, 0.05) is 11.1 Å². The molecule has 6 aromatic rings. The van der Waals surface area contributed by atoms with Gasteiger partial charge in [-0.05, 0) is 34.4 Å². The van der Waals surface area contributed by atoms with Crippen LogP contribution >= 0.6 is 0 Å². The molecule has 0 atom stereocenters. The summed E-state index contributed by atoms with van der Waals surface area (Å²) in [6.45, 7) is 0. The number of fused-ring (bicyclic) bond motifs is 4. The summed E-state index contributed by atoms with van der Waals surface area (Å²) < 4.78 is 0. The molecule has 0 amide bonds. The first-order valence-corrected chi connectivity index (χ1v) is 12.7. The van der Waals surface area contributed by atoms with Crippen LogP contribution in [-0.2, 0) is 0 Å². The number of aromatic nitrogens is 4. The van der Waals surface area contributed by atoms with Crippen LogP contribution in [0.2, 0.25) is 0 Å². The molecule has 0 N–H and O–H groups in total. The Morgan fingerprint density at radius 3 is 1.50 bits per heavy atom. The smallest absolute Gasteiger partial charge is 0.184 e. The van der Waals surface area contributed by atoms with E-state index in [0.29, 0.717) is 11.4 Å². The Kier molecular flexibility index (Phi) is 5.41. The van der Waals surface area contributed by atoms with Crippen molar-refractivity contribution in [2.24, 2.45) is 0 Å². The molecular weight excluding hydrogens is 524 g/mol. The van der Waals surface area contributed by atoms with Crippen LogP contribution in [0.1, 0.15) is 22.8 Å². The largest absolute Gasteiger partial charge is 0.273 e. The van der Waals surface area contributed by atoms with Crippen LogP contribution in [-0.4, -0.2) is 19.9 Å². The highest BCUT2D eigenvalue weighted by molar-refractivity contribution is 6.04. The lowest BCUT2D eigenvalue weighted by atomic mass is 10.1. The van der Waals surface area contributed by atoms with Gasteiger partial charge in [0.05, 0.1) is 5.69 Å². The molecule has 3 heterocycles. The average Bonchev–Trinajstić information content (AvgIpc) is 3.05. The predicted octanol–water partition coefficient (Wildman–Crippen LogP) is 6.31. The Hall–Kier alpha value is -6.88. The molecule has 10 heteroatoms. The van der Waals surface area contributed by atoms with Crippen LogP contribution in [0.4, 0.5) is 34.6 Å². The highest BCUT2D eigenvalue weighted by atomic mass is 15.4. The van der Waals surface area contributed by atoms with Gasteiger partial charge < -0.3 is 0 Å². The summed E-state index contributed by atoms with van der Waals surface area (Å²) in [6, 6.07) is 34.8. The molecule has 0 radical (unpaired) electrons. The van der Waals surface area contributed by atoms with Crippen LogP contribution in [0.5, 0.6) is 0 Å². The SMILES string of the molecule is N#Cc1nc2c(nc1C#N)N(c1cccc3ccccc13)c1nc(C#N)c(C#N)nc1N2c1ccc2ccccc2c1. The van der Waals surface area contributed by atoms with Crippen LogP contribution in [0.25, 0.3) is 21.5 Å². The molecule has 0 unspecified atom stereocenters. The van der Waals surface area contributed by atoms with Gasteiger partial charge in [-0.1, -0.05) is 66.7 Å². The van der Waals surface area contributed by atoms with E-state index in [-0.39, 0.29) is 46.0 Å². The van der Waals surface area contributed by atoms with Crippen molar-refractivity contribution in [2.75, 3.05) is 9.80 Å². The van der Waals surface area contributed by atoms with E-state index < -0.39 is 0 Å². The fourth-order valence-electron chi connectivity index (χ4n) is 5.14. The minimum atomic E-state index is -0.162. The van der Waals surface area contributed by atoms with E-state index in [9.17, 15) is 21.0 Å². The lowest BCUT2D eigenvalue weighted by Crippen LogP contribution is -2.29. The summed E-state index contributed by atoms with van der Waals surface area (Å²) in [7, 11) is 0. The van der Waals surface area contributed by atoms with Gasteiger partial charge in [0.1, 0.15) is 24.3 Å². The zero-order chi connectivity index (χ0) is 28.8. The summed E-state index contributed by atoms with van der Waals surface area (Å²) in [5.74, 6) is 0.851. The number of nitrogens with zero attached hydrogens (tertiary/aromatic N) is 10. The minimum absolute atomic E-state index is 0.162. The van der Waals surface area contributed by atoms with E-state index in [2.05, 4.69) is 19.9 Å². The van der Waals surface area contributed by atoms with Gasteiger partial charge in [-0.25, -0.2) is 19.9 Å². The first-order valence-electron chi connectivity index (χ1n) is 12.7. The maximum Gasteiger partial charge on any atom is 0.184 e. The van der Waals surface area contributed by atoms with E-state index in [1.54, 1.807) is 9.80 Å². The van der Waals surface area contributed by atoms with Gasteiger partial charge in [0.25, 0.3) is 0 Å². The maximum atomic E-state index is 9.88. The second-order valence-corrected chi connectivity index (χ2v) is 9.28. The number of nitriles is 4. The predicted molar refractivity (Wildman–Crippen MR) is 154 cm³/mol. The molecule has 2 aromatic heterocycles. The first-order chi connectivity index (χ1) is 20.6. The lowest BCUT2D eigenvalue weighted by molar-refractivity contribution is 0.967. The number of benzene rings is 4. The van der Waals surface area contributed by atoms with Gasteiger partial charge in [-0.15, -0.1) is 0 Å². The van der Waals surface area contributed by atoms with Crippen molar-refractivity contribution in [3.8, 4) is 24.3 Å². The van der Waals surface area contributed by atoms with E-state index in [1.165, 1.54) is 0 Å². The normalized spacial score (nSPS) is 11.6. The molecule has 42 heavy (non-hydrogen) atoms. The van der Waals surface area contributed by atoms with E-state index in [0.717, 1.165) is 21.5 Å². The van der Waals surface area contributed by atoms with Gasteiger partial charge in [0.2, 0.25) is 0 Å². The average molecular weight is 539 g/mol. The van der Waals surface area contributed by atoms with Crippen molar-refractivity contribution in [3.05, 3.63) is 108 Å². The Morgan fingerprint density at radius 1 is 0.452 bits per heavy atom. The second-order valence-electron chi connectivity index (χ2n) is 9.28. The highest BCUT2D eigenvalue weighted by Gasteiger charge is 2.38.